The first-order chi connectivity index (χ1) is 14.2. The lowest BCUT2D eigenvalue weighted by Crippen LogP contribution is -2.50. The first-order valence-electron chi connectivity index (χ1n) is 9.96. The van der Waals surface area contributed by atoms with E-state index in [-0.39, 0.29) is 11.4 Å². The first-order valence-corrected chi connectivity index (χ1v) is 11.2. The van der Waals surface area contributed by atoms with E-state index >= 15 is 0 Å². The number of aryl methyl sites for hydroxylation is 1. The SMILES string of the molecule is Cc1ccc(-c2csc3nc(Cl)nc(N4CCN(C(=O)OC(C)(C)C)CC4)c23)cc1. The molecule has 1 aliphatic heterocycles. The molecule has 1 fully saturated rings. The monoisotopic (exact) mass is 444 g/mol. The van der Waals surface area contributed by atoms with Crippen LogP contribution in [0.25, 0.3) is 21.3 Å². The average Bonchev–Trinajstić information content (AvgIpc) is 3.10. The Balaban J connectivity index is 1.62. The highest BCUT2D eigenvalue weighted by Crippen LogP contribution is 2.39. The fraction of sp³-hybridized carbons (Fsp3) is 0.409. The van der Waals surface area contributed by atoms with E-state index < -0.39 is 5.60 Å². The third kappa shape index (κ3) is 4.37. The van der Waals surface area contributed by atoms with Crippen LogP contribution >= 0.6 is 22.9 Å². The molecular weight excluding hydrogens is 420 g/mol. The van der Waals surface area contributed by atoms with Crippen molar-refractivity contribution >= 4 is 45.1 Å². The molecule has 1 amide bonds. The van der Waals surface area contributed by atoms with E-state index in [1.54, 1.807) is 16.2 Å². The van der Waals surface area contributed by atoms with Crippen LogP contribution in [0, 0.1) is 6.92 Å². The number of carbonyl (C=O) groups excluding carboxylic acids is 1. The number of carbonyl (C=O) groups is 1. The Morgan fingerprint density at radius 3 is 2.40 bits per heavy atom. The number of thiophene rings is 1. The zero-order chi connectivity index (χ0) is 21.5. The predicted octanol–water partition coefficient (Wildman–Crippen LogP) is 5.38. The van der Waals surface area contributed by atoms with Gasteiger partial charge in [-0.25, -0.2) is 9.78 Å². The summed E-state index contributed by atoms with van der Waals surface area (Å²) in [5.41, 5.74) is 2.96. The standard InChI is InChI=1S/C22H25ClN4O2S/c1-14-5-7-15(8-6-14)16-13-30-19-17(16)18(24-20(23)25-19)26-9-11-27(12-10-26)21(28)29-22(2,3)4/h5-8,13H,9-12H2,1-4H3. The number of piperazine rings is 1. The zero-order valence-electron chi connectivity index (χ0n) is 17.6. The van der Waals surface area contributed by atoms with Gasteiger partial charge in [0.15, 0.2) is 0 Å². The third-order valence-electron chi connectivity index (χ3n) is 4.98. The summed E-state index contributed by atoms with van der Waals surface area (Å²) in [6, 6.07) is 8.45. The van der Waals surface area contributed by atoms with E-state index in [2.05, 4.69) is 51.4 Å². The molecule has 0 bridgehead atoms. The highest BCUT2D eigenvalue weighted by atomic mass is 35.5. The van der Waals surface area contributed by atoms with Gasteiger partial charge in [0, 0.05) is 37.1 Å². The van der Waals surface area contributed by atoms with Gasteiger partial charge >= 0.3 is 6.09 Å². The number of halogens is 1. The topological polar surface area (TPSA) is 58.6 Å². The van der Waals surface area contributed by atoms with Gasteiger partial charge in [-0.05, 0) is 44.9 Å². The predicted molar refractivity (Wildman–Crippen MR) is 123 cm³/mol. The molecule has 1 aliphatic rings. The van der Waals surface area contributed by atoms with E-state index in [4.69, 9.17) is 16.3 Å². The third-order valence-corrected chi connectivity index (χ3v) is 6.02. The summed E-state index contributed by atoms with van der Waals surface area (Å²) in [7, 11) is 0. The van der Waals surface area contributed by atoms with E-state index in [0.29, 0.717) is 26.2 Å². The van der Waals surface area contributed by atoms with Gasteiger partial charge in [-0.2, -0.15) is 4.98 Å². The van der Waals surface area contributed by atoms with Gasteiger partial charge in [0.05, 0.1) is 5.39 Å². The smallest absolute Gasteiger partial charge is 0.410 e. The van der Waals surface area contributed by atoms with Crippen LogP contribution in [0.4, 0.5) is 10.6 Å². The van der Waals surface area contributed by atoms with Crippen molar-refractivity contribution in [3.05, 3.63) is 40.5 Å². The van der Waals surface area contributed by atoms with E-state index in [1.807, 2.05) is 20.8 Å². The number of aromatic nitrogens is 2. The van der Waals surface area contributed by atoms with Gasteiger partial charge in [0.1, 0.15) is 16.2 Å². The van der Waals surface area contributed by atoms with Gasteiger partial charge in [-0.3, -0.25) is 0 Å². The normalized spacial score (nSPS) is 15.0. The van der Waals surface area contributed by atoms with Crippen LogP contribution in [0.2, 0.25) is 5.28 Å². The second-order valence-corrected chi connectivity index (χ2v) is 9.66. The lowest BCUT2D eigenvalue weighted by molar-refractivity contribution is 0.0240. The molecule has 6 nitrogen and oxygen atoms in total. The molecule has 0 unspecified atom stereocenters. The highest BCUT2D eigenvalue weighted by Gasteiger charge is 2.28. The molecule has 0 aliphatic carbocycles. The molecule has 0 spiro atoms. The maximum absolute atomic E-state index is 12.4. The molecule has 1 saturated heterocycles. The van der Waals surface area contributed by atoms with E-state index in [1.165, 1.54) is 5.56 Å². The largest absolute Gasteiger partial charge is 0.444 e. The van der Waals surface area contributed by atoms with Gasteiger partial charge < -0.3 is 14.5 Å². The number of hydrogen-bond acceptors (Lipinski definition) is 6. The number of ether oxygens (including phenoxy) is 1. The number of amides is 1. The summed E-state index contributed by atoms with van der Waals surface area (Å²) in [5.74, 6) is 0.825. The van der Waals surface area contributed by atoms with Gasteiger partial charge in [-0.15, -0.1) is 11.3 Å². The van der Waals surface area contributed by atoms with Crippen molar-refractivity contribution in [3.63, 3.8) is 0 Å². The van der Waals surface area contributed by atoms with Crippen LogP contribution in [0.5, 0.6) is 0 Å². The number of benzene rings is 1. The zero-order valence-corrected chi connectivity index (χ0v) is 19.2. The number of rotatable bonds is 2. The molecule has 0 N–H and O–H groups in total. The fourth-order valence-electron chi connectivity index (χ4n) is 3.50. The molecule has 3 heterocycles. The van der Waals surface area contributed by atoms with Crippen molar-refractivity contribution in [1.82, 2.24) is 14.9 Å². The molecule has 1 aromatic carbocycles. The Labute approximate surface area is 185 Å². The molecular formula is C22H25ClN4O2S. The Bertz CT molecular complexity index is 1070. The van der Waals surface area contributed by atoms with Gasteiger partial charge in [-0.1, -0.05) is 29.8 Å². The highest BCUT2D eigenvalue weighted by molar-refractivity contribution is 7.17. The maximum atomic E-state index is 12.4. The number of nitrogens with zero attached hydrogens (tertiary/aromatic N) is 4. The Morgan fingerprint density at radius 1 is 1.10 bits per heavy atom. The Kier molecular flexibility index (Phi) is 5.59. The molecule has 158 valence electrons. The number of hydrogen-bond donors (Lipinski definition) is 0. The summed E-state index contributed by atoms with van der Waals surface area (Å²) in [6.45, 7) is 10.2. The lowest BCUT2D eigenvalue weighted by Gasteiger charge is -2.36. The molecule has 30 heavy (non-hydrogen) atoms. The summed E-state index contributed by atoms with van der Waals surface area (Å²) in [6.07, 6.45) is -0.274. The fourth-order valence-corrected chi connectivity index (χ4v) is 4.66. The van der Waals surface area contributed by atoms with Crippen molar-refractivity contribution in [2.45, 2.75) is 33.3 Å². The van der Waals surface area contributed by atoms with Crippen LogP contribution < -0.4 is 4.90 Å². The van der Waals surface area contributed by atoms with Crippen molar-refractivity contribution < 1.29 is 9.53 Å². The van der Waals surface area contributed by atoms with Crippen LogP contribution in [-0.4, -0.2) is 52.7 Å². The summed E-state index contributed by atoms with van der Waals surface area (Å²) < 4.78 is 5.51. The minimum atomic E-state index is -0.500. The number of anilines is 1. The molecule has 2 aromatic heterocycles. The second kappa shape index (κ2) is 8.04. The van der Waals surface area contributed by atoms with E-state index in [0.717, 1.165) is 27.2 Å². The maximum Gasteiger partial charge on any atom is 0.410 e. The second-order valence-electron chi connectivity index (χ2n) is 8.47. The van der Waals surface area contributed by atoms with Crippen molar-refractivity contribution in [3.8, 4) is 11.1 Å². The molecule has 0 atom stereocenters. The average molecular weight is 445 g/mol. The summed E-state index contributed by atoms with van der Waals surface area (Å²) in [5, 5.41) is 3.36. The van der Waals surface area contributed by atoms with Crippen LogP contribution in [-0.2, 0) is 4.74 Å². The Hall–Kier alpha value is -2.38. The molecule has 8 heteroatoms. The molecule has 4 rings (SSSR count). The first kappa shape index (κ1) is 20.9. The van der Waals surface area contributed by atoms with Crippen LogP contribution in [0.15, 0.2) is 29.6 Å². The van der Waals surface area contributed by atoms with Crippen molar-refractivity contribution in [2.75, 3.05) is 31.1 Å². The molecule has 0 saturated carbocycles. The van der Waals surface area contributed by atoms with Crippen molar-refractivity contribution in [2.24, 2.45) is 0 Å². The van der Waals surface area contributed by atoms with E-state index in [9.17, 15) is 4.79 Å². The van der Waals surface area contributed by atoms with Gasteiger partial charge in [0.25, 0.3) is 0 Å². The lowest BCUT2D eigenvalue weighted by atomic mass is 10.0. The summed E-state index contributed by atoms with van der Waals surface area (Å²) >= 11 is 7.81. The van der Waals surface area contributed by atoms with Crippen LogP contribution in [0.3, 0.4) is 0 Å². The van der Waals surface area contributed by atoms with Crippen LogP contribution in [0.1, 0.15) is 26.3 Å². The minimum Gasteiger partial charge on any atom is -0.444 e. The quantitative estimate of drug-likeness (QED) is 0.497. The Morgan fingerprint density at radius 2 is 1.77 bits per heavy atom. The molecule has 0 radical (unpaired) electrons. The minimum absolute atomic E-state index is 0.240. The number of fused-ring (bicyclic) bond motifs is 1. The molecule has 3 aromatic rings. The van der Waals surface area contributed by atoms with Gasteiger partial charge in [0.2, 0.25) is 5.28 Å². The van der Waals surface area contributed by atoms with Crippen molar-refractivity contribution in [1.29, 1.82) is 0 Å². The summed E-state index contributed by atoms with van der Waals surface area (Å²) in [4.78, 5) is 26.2.